The lowest BCUT2D eigenvalue weighted by Gasteiger charge is -2.10. The fourth-order valence-electron chi connectivity index (χ4n) is 2.97. The molecule has 1 aromatic carbocycles. The minimum Gasteiger partial charge on any atom is -0.490 e. The molecule has 0 saturated carbocycles. The second-order valence-electron chi connectivity index (χ2n) is 6.06. The van der Waals surface area contributed by atoms with Crippen molar-refractivity contribution in [3.05, 3.63) is 55.0 Å². The predicted molar refractivity (Wildman–Crippen MR) is 99.3 cm³/mol. The standard InChI is InChI=1S/C19H16N6O2/c1-3-16-14(12-22-25(16)21-7-1)15-6-8-20-19(24-15)23-13-4-5-17-18(11-13)27-10-2-9-26-17/h1,3-8,11-12H,2,9-10H2,(H,20,23,24). The molecule has 1 aliphatic rings. The summed E-state index contributed by atoms with van der Waals surface area (Å²) in [4.78, 5) is 8.93. The molecular weight excluding hydrogens is 344 g/mol. The first kappa shape index (κ1) is 15.6. The summed E-state index contributed by atoms with van der Waals surface area (Å²) in [6.45, 7) is 1.31. The van der Waals surface area contributed by atoms with Crippen molar-refractivity contribution in [3.63, 3.8) is 0 Å². The molecule has 0 unspecified atom stereocenters. The Bertz CT molecular complexity index is 1110. The van der Waals surface area contributed by atoms with Gasteiger partial charge in [0.05, 0.1) is 30.6 Å². The Morgan fingerprint density at radius 3 is 2.85 bits per heavy atom. The van der Waals surface area contributed by atoms with Gasteiger partial charge in [-0.3, -0.25) is 0 Å². The van der Waals surface area contributed by atoms with Gasteiger partial charge in [0.25, 0.3) is 0 Å². The van der Waals surface area contributed by atoms with Crippen molar-refractivity contribution >= 4 is 17.2 Å². The van der Waals surface area contributed by atoms with Crippen molar-refractivity contribution in [2.75, 3.05) is 18.5 Å². The van der Waals surface area contributed by atoms with Gasteiger partial charge in [-0.05, 0) is 30.3 Å². The second kappa shape index (κ2) is 6.56. The third kappa shape index (κ3) is 3.01. The molecule has 0 atom stereocenters. The monoisotopic (exact) mass is 360 g/mol. The molecule has 1 aliphatic heterocycles. The molecule has 0 bridgehead atoms. The zero-order valence-electron chi connectivity index (χ0n) is 14.4. The van der Waals surface area contributed by atoms with Crippen LogP contribution in [0.4, 0.5) is 11.6 Å². The van der Waals surface area contributed by atoms with Crippen LogP contribution in [0.15, 0.2) is 55.0 Å². The highest BCUT2D eigenvalue weighted by Gasteiger charge is 2.12. The first-order chi connectivity index (χ1) is 13.4. The van der Waals surface area contributed by atoms with Crippen molar-refractivity contribution in [2.45, 2.75) is 6.42 Å². The molecule has 27 heavy (non-hydrogen) atoms. The minimum atomic E-state index is 0.491. The van der Waals surface area contributed by atoms with Crippen LogP contribution in [0.25, 0.3) is 16.8 Å². The van der Waals surface area contributed by atoms with Crippen LogP contribution in [0.2, 0.25) is 0 Å². The average molecular weight is 360 g/mol. The van der Waals surface area contributed by atoms with Gasteiger partial charge in [0.1, 0.15) is 0 Å². The molecule has 1 N–H and O–H groups in total. The maximum absolute atomic E-state index is 5.73. The maximum Gasteiger partial charge on any atom is 0.227 e. The molecule has 0 fully saturated rings. The summed E-state index contributed by atoms with van der Waals surface area (Å²) < 4.78 is 13.0. The van der Waals surface area contributed by atoms with E-state index in [1.54, 1.807) is 23.2 Å². The average Bonchev–Trinajstić information content (AvgIpc) is 3.00. The molecule has 0 spiro atoms. The van der Waals surface area contributed by atoms with Crippen LogP contribution >= 0.6 is 0 Å². The smallest absolute Gasteiger partial charge is 0.227 e. The van der Waals surface area contributed by atoms with E-state index in [9.17, 15) is 0 Å². The van der Waals surface area contributed by atoms with E-state index in [0.29, 0.717) is 19.2 Å². The topological polar surface area (TPSA) is 86.5 Å². The van der Waals surface area contributed by atoms with Gasteiger partial charge < -0.3 is 14.8 Å². The summed E-state index contributed by atoms with van der Waals surface area (Å²) in [5.74, 6) is 1.97. The van der Waals surface area contributed by atoms with Gasteiger partial charge in [-0.1, -0.05) is 0 Å². The Morgan fingerprint density at radius 2 is 1.89 bits per heavy atom. The van der Waals surface area contributed by atoms with Crippen LogP contribution in [0.3, 0.4) is 0 Å². The van der Waals surface area contributed by atoms with E-state index < -0.39 is 0 Å². The van der Waals surface area contributed by atoms with Crippen LogP contribution in [-0.2, 0) is 0 Å². The quantitative estimate of drug-likeness (QED) is 0.601. The molecule has 0 radical (unpaired) electrons. The molecule has 8 nitrogen and oxygen atoms in total. The van der Waals surface area contributed by atoms with Gasteiger partial charge in [0.15, 0.2) is 11.5 Å². The van der Waals surface area contributed by atoms with Gasteiger partial charge in [-0.25, -0.2) is 9.97 Å². The first-order valence-electron chi connectivity index (χ1n) is 8.66. The highest BCUT2D eigenvalue weighted by atomic mass is 16.5. The number of nitrogens with zero attached hydrogens (tertiary/aromatic N) is 5. The number of hydrogen-bond acceptors (Lipinski definition) is 7. The predicted octanol–water partition coefficient (Wildman–Crippen LogP) is 3.09. The van der Waals surface area contributed by atoms with Crippen molar-refractivity contribution in [3.8, 4) is 22.8 Å². The molecule has 134 valence electrons. The lowest BCUT2D eigenvalue weighted by Crippen LogP contribution is -1.99. The van der Waals surface area contributed by atoms with Crippen LogP contribution in [0.1, 0.15) is 6.42 Å². The highest BCUT2D eigenvalue weighted by molar-refractivity contribution is 5.77. The number of fused-ring (bicyclic) bond motifs is 2. The minimum absolute atomic E-state index is 0.491. The first-order valence-corrected chi connectivity index (χ1v) is 8.66. The van der Waals surface area contributed by atoms with Crippen molar-refractivity contribution in [2.24, 2.45) is 0 Å². The summed E-state index contributed by atoms with van der Waals surface area (Å²) >= 11 is 0. The molecule has 0 aliphatic carbocycles. The number of rotatable bonds is 3. The summed E-state index contributed by atoms with van der Waals surface area (Å²) in [6.07, 6.45) is 6.04. The third-order valence-corrected chi connectivity index (χ3v) is 4.24. The Balaban J connectivity index is 1.45. The fraction of sp³-hybridized carbons (Fsp3) is 0.158. The Kier molecular flexibility index (Phi) is 3.78. The molecule has 0 saturated heterocycles. The molecular formula is C19H16N6O2. The summed E-state index contributed by atoms with van der Waals surface area (Å²) in [5.41, 5.74) is 3.38. The SMILES string of the molecule is c1cnn2ncc(-c3ccnc(Nc4ccc5c(c4)OCCCO5)n3)c2c1. The zero-order chi connectivity index (χ0) is 18.1. The second-order valence-corrected chi connectivity index (χ2v) is 6.06. The van der Waals surface area contributed by atoms with Crippen molar-refractivity contribution in [1.29, 1.82) is 0 Å². The maximum atomic E-state index is 5.73. The van der Waals surface area contributed by atoms with Crippen molar-refractivity contribution < 1.29 is 9.47 Å². The lowest BCUT2D eigenvalue weighted by atomic mass is 10.2. The van der Waals surface area contributed by atoms with Gasteiger partial charge in [-0.15, -0.1) is 0 Å². The zero-order valence-corrected chi connectivity index (χ0v) is 14.4. The fourth-order valence-corrected chi connectivity index (χ4v) is 2.97. The van der Waals surface area contributed by atoms with E-state index in [4.69, 9.17) is 9.47 Å². The Labute approximate surface area is 154 Å². The number of hydrogen-bond donors (Lipinski definition) is 1. The highest BCUT2D eigenvalue weighted by Crippen LogP contribution is 2.33. The van der Waals surface area contributed by atoms with Gasteiger partial charge >= 0.3 is 0 Å². The van der Waals surface area contributed by atoms with E-state index >= 15 is 0 Å². The van der Waals surface area contributed by atoms with Crippen LogP contribution in [0, 0.1) is 0 Å². The normalized spacial score (nSPS) is 13.3. The van der Waals surface area contributed by atoms with Crippen LogP contribution in [-0.4, -0.2) is 38.0 Å². The summed E-state index contributed by atoms with van der Waals surface area (Å²) in [7, 11) is 0. The number of anilines is 2. The van der Waals surface area contributed by atoms with Gasteiger partial charge in [-0.2, -0.15) is 14.8 Å². The van der Waals surface area contributed by atoms with E-state index in [0.717, 1.165) is 40.4 Å². The van der Waals surface area contributed by atoms with E-state index in [2.05, 4.69) is 25.5 Å². The molecule has 3 aromatic heterocycles. The lowest BCUT2D eigenvalue weighted by molar-refractivity contribution is 0.297. The van der Waals surface area contributed by atoms with Gasteiger partial charge in [0.2, 0.25) is 5.95 Å². The third-order valence-electron chi connectivity index (χ3n) is 4.24. The van der Waals surface area contributed by atoms with Crippen LogP contribution in [0.5, 0.6) is 11.5 Å². The molecule has 4 heterocycles. The van der Waals surface area contributed by atoms with E-state index in [1.807, 2.05) is 36.4 Å². The number of aromatic nitrogens is 5. The summed E-state index contributed by atoms with van der Waals surface area (Å²) in [6, 6.07) is 11.4. The largest absolute Gasteiger partial charge is 0.490 e. The molecule has 5 rings (SSSR count). The number of ether oxygens (including phenoxy) is 2. The Morgan fingerprint density at radius 1 is 0.963 bits per heavy atom. The van der Waals surface area contributed by atoms with E-state index in [-0.39, 0.29) is 0 Å². The number of nitrogens with one attached hydrogen (secondary N) is 1. The van der Waals surface area contributed by atoms with Crippen molar-refractivity contribution in [1.82, 2.24) is 24.8 Å². The number of benzene rings is 1. The molecule has 8 heteroatoms. The van der Waals surface area contributed by atoms with E-state index in [1.165, 1.54) is 0 Å². The van der Waals surface area contributed by atoms with Gasteiger partial charge in [0, 0.05) is 36.1 Å². The molecule has 0 amide bonds. The van der Waals surface area contributed by atoms with Crippen LogP contribution < -0.4 is 14.8 Å². The summed E-state index contributed by atoms with van der Waals surface area (Å²) in [5, 5.41) is 11.7. The Hall–Kier alpha value is -3.68. The molecule has 4 aromatic rings.